The lowest BCUT2D eigenvalue weighted by molar-refractivity contribution is 0.416. The summed E-state index contributed by atoms with van der Waals surface area (Å²) < 4.78 is 7.15. The highest BCUT2D eigenvalue weighted by molar-refractivity contribution is 9.13. The fourth-order valence-electron chi connectivity index (χ4n) is 1.80. The van der Waals surface area contributed by atoms with E-state index in [2.05, 4.69) is 43.2 Å². The molecule has 102 valence electrons. The number of ether oxygens (including phenoxy) is 1. The minimum Gasteiger partial charge on any atom is -0.495 e. The molecule has 0 saturated carbocycles. The number of hydrogen-bond donors (Lipinski definition) is 1. The van der Waals surface area contributed by atoms with Crippen molar-refractivity contribution >= 4 is 37.5 Å². The Morgan fingerprint density at radius 1 is 1.15 bits per heavy atom. The maximum Gasteiger partial charge on any atom is 0.141 e. The van der Waals surface area contributed by atoms with Crippen molar-refractivity contribution in [2.75, 3.05) is 12.4 Å². The van der Waals surface area contributed by atoms with Crippen molar-refractivity contribution in [2.45, 2.75) is 6.04 Å². The Bertz CT molecular complexity index is 653. The number of rotatable bonds is 4. The van der Waals surface area contributed by atoms with Gasteiger partial charge in [0.15, 0.2) is 0 Å². The minimum absolute atomic E-state index is 0.448. The molecule has 0 aliphatic carbocycles. The summed E-state index contributed by atoms with van der Waals surface area (Å²) in [7, 11) is 1.61. The van der Waals surface area contributed by atoms with Crippen LogP contribution in [0.4, 0.5) is 5.69 Å². The summed E-state index contributed by atoms with van der Waals surface area (Å²) in [5, 5.41) is 12.6. The molecule has 0 saturated heterocycles. The Morgan fingerprint density at radius 3 is 2.55 bits per heavy atom. The quantitative estimate of drug-likeness (QED) is 0.800. The maximum atomic E-state index is 9.38. The predicted octanol–water partition coefficient (Wildman–Crippen LogP) is 4.90. The Kier molecular flexibility index (Phi) is 5.05. The van der Waals surface area contributed by atoms with E-state index in [0.29, 0.717) is 5.75 Å². The Labute approximate surface area is 134 Å². The lowest BCUT2D eigenvalue weighted by Gasteiger charge is -2.16. The number of halogens is 2. The highest BCUT2D eigenvalue weighted by atomic mass is 79.9. The summed E-state index contributed by atoms with van der Waals surface area (Å²) in [4.78, 5) is 0. The summed E-state index contributed by atoms with van der Waals surface area (Å²) in [6.07, 6.45) is 0. The van der Waals surface area contributed by atoms with Crippen molar-refractivity contribution in [1.82, 2.24) is 0 Å². The van der Waals surface area contributed by atoms with Crippen molar-refractivity contribution in [3.05, 3.63) is 57.0 Å². The minimum atomic E-state index is -0.448. The summed E-state index contributed by atoms with van der Waals surface area (Å²) in [6.45, 7) is 0. The molecule has 0 bridgehead atoms. The highest BCUT2D eigenvalue weighted by Gasteiger charge is 2.13. The van der Waals surface area contributed by atoms with Crippen LogP contribution in [0.2, 0.25) is 0 Å². The molecule has 1 N–H and O–H groups in total. The van der Waals surface area contributed by atoms with Crippen molar-refractivity contribution in [1.29, 1.82) is 5.26 Å². The number of para-hydroxylation sites is 2. The van der Waals surface area contributed by atoms with E-state index < -0.39 is 6.04 Å². The van der Waals surface area contributed by atoms with E-state index in [4.69, 9.17) is 4.74 Å². The number of methoxy groups -OCH3 is 1. The van der Waals surface area contributed by atoms with Crippen molar-refractivity contribution < 1.29 is 4.74 Å². The Hall–Kier alpha value is -1.51. The second kappa shape index (κ2) is 6.78. The van der Waals surface area contributed by atoms with Crippen molar-refractivity contribution in [3.63, 3.8) is 0 Å². The molecule has 0 aliphatic heterocycles. The normalized spacial score (nSPS) is 11.5. The number of anilines is 1. The van der Waals surface area contributed by atoms with Gasteiger partial charge in [0.1, 0.15) is 11.8 Å². The largest absolute Gasteiger partial charge is 0.495 e. The number of benzene rings is 2. The van der Waals surface area contributed by atoms with Crippen LogP contribution in [0.5, 0.6) is 5.75 Å². The van der Waals surface area contributed by atoms with Crippen LogP contribution in [0.25, 0.3) is 0 Å². The first-order valence-electron chi connectivity index (χ1n) is 5.90. The molecule has 20 heavy (non-hydrogen) atoms. The van der Waals surface area contributed by atoms with Gasteiger partial charge in [-0.2, -0.15) is 5.26 Å². The third-order valence-electron chi connectivity index (χ3n) is 2.81. The van der Waals surface area contributed by atoms with Gasteiger partial charge in [-0.1, -0.05) is 18.2 Å². The molecule has 2 aromatic rings. The van der Waals surface area contributed by atoms with Crippen molar-refractivity contribution in [2.24, 2.45) is 0 Å². The van der Waals surface area contributed by atoms with E-state index in [9.17, 15) is 5.26 Å². The summed E-state index contributed by atoms with van der Waals surface area (Å²) in [5.41, 5.74) is 1.68. The van der Waals surface area contributed by atoms with Gasteiger partial charge in [-0.05, 0) is 61.7 Å². The topological polar surface area (TPSA) is 45.0 Å². The van der Waals surface area contributed by atoms with Crippen LogP contribution in [0, 0.1) is 11.3 Å². The van der Waals surface area contributed by atoms with Crippen LogP contribution in [-0.2, 0) is 0 Å². The van der Waals surface area contributed by atoms with E-state index in [1.807, 2.05) is 42.5 Å². The fraction of sp³-hybridized carbons (Fsp3) is 0.133. The molecule has 0 amide bonds. The van der Waals surface area contributed by atoms with Gasteiger partial charge < -0.3 is 10.1 Å². The molecule has 3 nitrogen and oxygen atoms in total. The molecule has 2 aromatic carbocycles. The number of nitrogens with one attached hydrogen (secondary N) is 1. The van der Waals surface area contributed by atoms with E-state index in [0.717, 1.165) is 20.2 Å². The molecule has 1 atom stereocenters. The van der Waals surface area contributed by atoms with Crippen LogP contribution >= 0.6 is 31.9 Å². The molecule has 0 aromatic heterocycles. The fourth-order valence-corrected chi connectivity index (χ4v) is 2.44. The monoisotopic (exact) mass is 394 g/mol. The highest BCUT2D eigenvalue weighted by Crippen LogP contribution is 2.30. The average molecular weight is 396 g/mol. The Balaban J connectivity index is 2.29. The molecule has 1 unspecified atom stereocenters. The van der Waals surface area contributed by atoms with Gasteiger partial charge in [0.2, 0.25) is 0 Å². The first kappa shape index (κ1) is 14.9. The van der Waals surface area contributed by atoms with Crippen molar-refractivity contribution in [3.8, 4) is 11.8 Å². The first-order valence-corrected chi connectivity index (χ1v) is 7.48. The summed E-state index contributed by atoms with van der Waals surface area (Å²) in [5.74, 6) is 0.712. The molecule has 0 radical (unpaired) electrons. The molecular weight excluding hydrogens is 384 g/mol. The van der Waals surface area contributed by atoms with Crippen LogP contribution < -0.4 is 10.1 Å². The van der Waals surface area contributed by atoms with Gasteiger partial charge in [-0.15, -0.1) is 0 Å². The zero-order valence-corrected chi connectivity index (χ0v) is 13.9. The summed E-state index contributed by atoms with van der Waals surface area (Å²) >= 11 is 6.87. The SMILES string of the molecule is COc1ccccc1NC(C#N)c1ccc(Br)c(Br)c1. The molecule has 0 fully saturated rings. The van der Waals surface area contributed by atoms with Crippen LogP contribution in [0.15, 0.2) is 51.4 Å². The standard InChI is InChI=1S/C15H12Br2N2O/c1-20-15-5-3-2-4-13(15)19-14(9-18)10-6-7-11(16)12(17)8-10/h2-8,14,19H,1H3. The Morgan fingerprint density at radius 2 is 1.90 bits per heavy atom. The third-order valence-corrected chi connectivity index (χ3v) is 4.69. The second-order valence-corrected chi connectivity index (χ2v) is 5.79. The van der Waals surface area contributed by atoms with Crippen LogP contribution in [0.3, 0.4) is 0 Å². The molecule has 0 heterocycles. The molecule has 2 rings (SSSR count). The average Bonchev–Trinajstić information content (AvgIpc) is 2.48. The molecule has 5 heteroatoms. The number of nitrogens with zero attached hydrogens (tertiary/aromatic N) is 1. The second-order valence-electron chi connectivity index (χ2n) is 4.08. The third kappa shape index (κ3) is 3.33. The zero-order valence-electron chi connectivity index (χ0n) is 10.7. The summed E-state index contributed by atoms with van der Waals surface area (Å²) in [6, 6.07) is 15.1. The van der Waals surface area contributed by atoms with Crippen LogP contribution in [0.1, 0.15) is 11.6 Å². The smallest absolute Gasteiger partial charge is 0.141 e. The van der Waals surface area contributed by atoms with E-state index in [-0.39, 0.29) is 0 Å². The maximum absolute atomic E-state index is 9.38. The van der Waals surface area contributed by atoms with Gasteiger partial charge in [-0.25, -0.2) is 0 Å². The first-order chi connectivity index (χ1) is 9.65. The number of hydrogen-bond acceptors (Lipinski definition) is 3. The molecular formula is C15H12Br2N2O. The molecule has 0 spiro atoms. The van der Waals surface area contributed by atoms with Gasteiger partial charge in [0.05, 0.1) is 18.9 Å². The van der Waals surface area contributed by atoms with Gasteiger partial charge >= 0.3 is 0 Å². The lowest BCUT2D eigenvalue weighted by atomic mass is 10.1. The van der Waals surface area contributed by atoms with E-state index in [1.54, 1.807) is 7.11 Å². The lowest BCUT2D eigenvalue weighted by Crippen LogP contribution is -2.09. The predicted molar refractivity (Wildman–Crippen MR) is 86.8 cm³/mol. The molecule has 0 aliphatic rings. The van der Waals surface area contributed by atoms with Gasteiger partial charge in [-0.3, -0.25) is 0 Å². The van der Waals surface area contributed by atoms with E-state index in [1.165, 1.54) is 0 Å². The zero-order chi connectivity index (χ0) is 14.5. The van der Waals surface area contributed by atoms with Crippen LogP contribution in [-0.4, -0.2) is 7.11 Å². The number of nitriles is 1. The van der Waals surface area contributed by atoms with Gasteiger partial charge in [0, 0.05) is 8.95 Å². The van der Waals surface area contributed by atoms with E-state index >= 15 is 0 Å². The van der Waals surface area contributed by atoms with Gasteiger partial charge in [0.25, 0.3) is 0 Å².